The quantitative estimate of drug-likeness (QED) is 0.135. The van der Waals surface area contributed by atoms with E-state index in [9.17, 15) is 17.6 Å². The van der Waals surface area contributed by atoms with Crippen LogP contribution in [0.2, 0.25) is 0 Å². The summed E-state index contributed by atoms with van der Waals surface area (Å²) in [6.07, 6.45) is 0. The lowest BCUT2D eigenvalue weighted by Crippen LogP contribution is -1.93. The Kier molecular flexibility index (Phi) is 9.83. The highest BCUT2D eigenvalue weighted by Gasteiger charge is 2.17. The van der Waals surface area contributed by atoms with Crippen molar-refractivity contribution in [3.8, 4) is 89.0 Å². The van der Waals surface area contributed by atoms with Crippen molar-refractivity contribution in [2.75, 3.05) is 0 Å². The molecule has 0 N–H and O–H groups in total. The summed E-state index contributed by atoms with van der Waals surface area (Å²) in [5.41, 5.74) is 15.7. The van der Waals surface area contributed by atoms with Gasteiger partial charge in [-0.1, -0.05) is 146 Å². The molecule has 4 heteroatoms. The Morgan fingerprint density at radius 1 is 0.155 bits per heavy atom. The molecule has 0 heterocycles. The fraction of sp³-hybridized carbons (Fsp3) is 0. The zero-order valence-electron chi connectivity index (χ0n) is 31.1. The van der Waals surface area contributed by atoms with Crippen molar-refractivity contribution in [3.63, 3.8) is 0 Å². The summed E-state index contributed by atoms with van der Waals surface area (Å²) in [5.74, 6) is -1.12. The molecule has 9 aromatic rings. The van der Waals surface area contributed by atoms with Crippen LogP contribution in [0.15, 0.2) is 206 Å². The first-order valence-electron chi connectivity index (χ1n) is 19.0. The van der Waals surface area contributed by atoms with E-state index in [4.69, 9.17) is 0 Å². The normalized spacial score (nSPS) is 11.1. The molecule has 0 amide bonds. The Morgan fingerprint density at radius 3 is 0.431 bits per heavy atom. The van der Waals surface area contributed by atoms with E-state index in [-0.39, 0.29) is 23.3 Å². The Bertz CT molecular complexity index is 2430. The Hall–Kier alpha value is -7.30. The maximum atomic E-state index is 13.8. The van der Waals surface area contributed by atoms with Gasteiger partial charge in [0.15, 0.2) is 0 Å². The number of hydrogen-bond acceptors (Lipinski definition) is 0. The van der Waals surface area contributed by atoms with E-state index in [0.717, 1.165) is 89.0 Å². The van der Waals surface area contributed by atoms with Crippen LogP contribution in [0.3, 0.4) is 0 Å². The van der Waals surface area contributed by atoms with Crippen molar-refractivity contribution in [2.45, 2.75) is 0 Å². The molecule has 0 nitrogen and oxygen atoms in total. The molecule has 0 fully saturated rings. The topological polar surface area (TPSA) is 0 Å². The summed E-state index contributed by atoms with van der Waals surface area (Å²) in [7, 11) is 0. The van der Waals surface area contributed by atoms with Gasteiger partial charge in [-0.3, -0.25) is 0 Å². The third-order valence-corrected chi connectivity index (χ3v) is 10.7. The van der Waals surface area contributed by atoms with Crippen molar-refractivity contribution in [2.24, 2.45) is 0 Å². The Balaban J connectivity index is 1.21. The highest BCUT2D eigenvalue weighted by Crippen LogP contribution is 2.44. The monoisotopic (exact) mass is 758 g/mol. The zero-order chi connectivity index (χ0) is 39.6. The molecule has 0 aliphatic carbocycles. The van der Waals surface area contributed by atoms with Gasteiger partial charge in [0.2, 0.25) is 0 Å². The van der Waals surface area contributed by atoms with E-state index >= 15 is 0 Å². The van der Waals surface area contributed by atoms with Crippen LogP contribution in [0.4, 0.5) is 17.6 Å². The third kappa shape index (κ3) is 7.61. The van der Waals surface area contributed by atoms with Gasteiger partial charge < -0.3 is 0 Å². The van der Waals surface area contributed by atoms with E-state index in [1.54, 1.807) is 48.5 Å². The largest absolute Gasteiger partial charge is 0.207 e. The fourth-order valence-electron chi connectivity index (χ4n) is 7.49. The number of rotatable bonds is 8. The maximum Gasteiger partial charge on any atom is 0.123 e. The predicted octanol–water partition coefficient (Wildman–Crippen LogP) is 15.6. The molecule has 58 heavy (non-hydrogen) atoms. The van der Waals surface area contributed by atoms with Gasteiger partial charge >= 0.3 is 0 Å². The first-order valence-corrected chi connectivity index (χ1v) is 19.0. The summed E-state index contributed by atoms with van der Waals surface area (Å²) in [5, 5.41) is 0. The predicted molar refractivity (Wildman–Crippen MR) is 230 cm³/mol. The number of benzene rings is 9. The van der Waals surface area contributed by atoms with Crippen molar-refractivity contribution >= 4 is 0 Å². The summed E-state index contributed by atoms with van der Waals surface area (Å²) in [6, 6.07) is 63.7. The van der Waals surface area contributed by atoms with Crippen LogP contribution >= 0.6 is 0 Å². The second-order valence-electron chi connectivity index (χ2n) is 14.3. The first-order chi connectivity index (χ1) is 28.3. The Morgan fingerprint density at radius 2 is 0.276 bits per heavy atom. The standard InChI is InChI=1S/C54H34F4/c55-47-25-17-39(18-26-47)35-1-9-43(10-2-35)51-33-53(45-13-5-37(6-14-45)41-21-29-49(57)30-22-41)54(46-15-7-38(8-16-46)42-23-31-50(58)32-24-42)34-52(51)44-11-3-36(4-12-44)40-19-27-48(56)28-20-40/h1-34H. The summed E-state index contributed by atoms with van der Waals surface area (Å²) < 4.78 is 55.0. The maximum absolute atomic E-state index is 13.8. The molecule has 0 unspecified atom stereocenters. The Labute approximate surface area is 335 Å². The lowest BCUT2D eigenvalue weighted by Gasteiger charge is -2.19. The average molecular weight is 759 g/mol. The number of hydrogen-bond donors (Lipinski definition) is 0. The van der Waals surface area contributed by atoms with Crippen molar-refractivity contribution in [1.29, 1.82) is 0 Å². The van der Waals surface area contributed by atoms with Crippen molar-refractivity contribution in [1.82, 2.24) is 0 Å². The van der Waals surface area contributed by atoms with Gasteiger partial charge in [0.25, 0.3) is 0 Å². The molecule has 0 spiro atoms. The average Bonchev–Trinajstić information content (AvgIpc) is 3.27. The second-order valence-corrected chi connectivity index (χ2v) is 14.3. The minimum absolute atomic E-state index is 0.279. The molecule has 0 aromatic heterocycles. The molecule has 0 saturated heterocycles. The molecule has 278 valence electrons. The van der Waals surface area contributed by atoms with Crippen LogP contribution in [0, 0.1) is 23.3 Å². The van der Waals surface area contributed by atoms with Gasteiger partial charge in [-0.2, -0.15) is 0 Å². The molecular formula is C54H34F4. The van der Waals surface area contributed by atoms with E-state index < -0.39 is 0 Å². The van der Waals surface area contributed by atoms with Gasteiger partial charge in [0.05, 0.1) is 0 Å². The molecule has 0 atom stereocenters. The molecule has 0 aliphatic rings. The van der Waals surface area contributed by atoms with Crippen LogP contribution in [0.1, 0.15) is 0 Å². The van der Waals surface area contributed by atoms with Crippen LogP contribution < -0.4 is 0 Å². The molecule has 9 rings (SSSR count). The van der Waals surface area contributed by atoms with Gasteiger partial charge in [-0.25, -0.2) is 17.6 Å². The molecule has 0 saturated carbocycles. The van der Waals surface area contributed by atoms with Gasteiger partial charge in [-0.05, 0) is 150 Å². The van der Waals surface area contributed by atoms with Gasteiger partial charge in [-0.15, -0.1) is 0 Å². The van der Waals surface area contributed by atoms with E-state index in [0.29, 0.717) is 0 Å². The summed E-state index contributed by atoms with van der Waals surface area (Å²) >= 11 is 0. The molecule has 9 aromatic carbocycles. The molecule has 0 aliphatic heterocycles. The van der Waals surface area contributed by atoms with Crippen LogP contribution in [-0.4, -0.2) is 0 Å². The molecular weight excluding hydrogens is 725 g/mol. The lowest BCUT2D eigenvalue weighted by molar-refractivity contribution is 0.627. The smallest absolute Gasteiger partial charge is 0.123 e. The zero-order valence-corrected chi connectivity index (χ0v) is 31.1. The lowest BCUT2D eigenvalue weighted by atomic mass is 9.84. The van der Waals surface area contributed by atoms with Gasteiger partial charge in [0, 0.05) is 0 Å². The van der Waals surface area contributed by atoms with Crippen LogP contribution in [-0.2, 0) is 0 Å². The number of halogens is 4. The van der Waals surface area contributed by atoms with Crippen LogP contribution in [0.5, 0.6) is 0 Å². The highest BCUT2D eigenvalue weighted by molar-refractivity contribution is 5.96. The minimum Gasteiger partial charge on any atom is -0.207 e. The first kappa shape index (κ1) is 36.3. The highest BCUT2D eigenvalue weighted by atomic mass is 19.1. The van der Waals surface area contributed by atoms with E-state index in [1.807, 2.05) is 0 Å². The van der Waals surface area contributed by atoms with Gasteiger partial charge in [0.1, 0.15) is 23.3 Å². The minimum atomic E-state index is -0.279. The molecule has 0 radical (unpaired) electrons. The van der Waals surface area contributed by atoms with Crippen molar-refractivity contribution in [3.05, 3.63) is 230 Å². The van der Waals surface area contributed by atoms with Crippen molar-refractivity contribution < 1.29 is 17.6 Å². The fourth-order valence-corrected chi connectivity index (χ4v) is 7.49. The third-order valence-electron chi connectivity index (χ3n) is 10.7. The van der Waals surface area contributed by atoms with Crippen LogP contribution in [0.25, 0.3) is 89.0 Å². The van der Waals surface area contributed by atoms with E-state index in [1.165, 1.54) is 48.5 Å². The van der Waals surface area contributed by atoms with E-state index in [2.05, 4.69) is 109 Å². The molecule has 0 bridgehead atoms. The summed E-state index contributed by atoms with van der Waals surface area (Å²) in [4.78, 5) is 0. The SMILES string of the molecule is Fc1ccc(-c2ccc(-c3cc(-c4ccc(-c5ccc(F)cc5)cc4)c(-c4ccc(-c5ccc(F)cc5)cc4)cc3-c3ccc(-c4ccc(F)cc4)cc3)cc2)cc1. The second kappa shape index (κ2) is 15.7. The summed E-state index contributed by atoms with van der Waals surface area (Å²) in [6.45, 7) is 0.